The normalized spacial score (nSPS) is 20.9. The first kappa shape index (κ1) is 10.3. The predicted molar refractivity (Wildman–Crippen MR) is 57.1 cm³/mol. The Labute approximate surface area is 98.2 Å². The van der Waals surface area contributed by atoms with Gasteiger partial charge in [0.15, 0.2) is 11.5 Å². The topological polar surface area (TPSA) is 54.0 Å². The number of hydrogen-bond donors (Lipinski definition) is 0. The molecule has 0 saturated heterocycles. The molecular weight excluding hydrogens is 224 g/mol. The highest BCUT2D eigenvalue weighted by Crippen LogP contribution is 2.54. The molecule has 2 aliphatic heterocycles. The fourth-order valence-corrected chi connectivity index (χ4v) is 2.12. The number of methoxy groups -OCH3 is 1. The van der Waals surface area contributed by atoms with Crippen LogP contribution >= 0.6 is 0 Å². The molecule has 17 heavy (non-hydrogen) atoms. The second kappa shape index (κ2) is 3.55. The molecule has 5 nitrogen and oxygen atoms in total. The first-order valence-corrected chi connectivity index (χ1v) is 5.39. The van der Waals surface area contributed by atoms with Crippen LogP contribution in [0, 0.1) is 5.92 Å². The van der Waals surface area contributed by atoms with E-state index in [1.54, 1.807) is 6.92 Å². The number of benzene rings is 1. The van der Waals surface area contributed by atoms with Crippen molar-refractivity contribution in [2.45, 2.75) is 13.0 Å². The van der Waals surface area contributed by atoms with Gasteiger partial charge in [-0.25, -0.2) is 0 Å². The number of ether oxygens (including phenoxy) is 4. The number of hydrogen-bond acceptors (Lipinski definition) is 5. The molecule has 5 heteroatoms. The molecule has 0 spiro atoms. The summed E-state index contributed by atoms with van der Waals surface area (Å²) in [5.74, 6) is 1.40. The van der Waals surface area contributed by atoms with Crippen molar-refractivity contribution < 1.29 is 23.7 Å². The van der Waals surface area contributed by atoms with Gasteiger partial charge < -0.3 is 18.9 Å². The average molecular weight is 236 g/mol. The summed E-state index contributed by atoms with van der Waals surface area (Å²) in [6.07, 6.45) is -0.257. The molecule has 90 valence electrons. The zero-order chi connectivity index (χ0) is 12.0. The zero-order valence-corrected chi connectivity index (χ0v) is 9.56. The molecule has 0 fully saturated rings. The fraction of sp³-hybridized carbons (Fsp3) is 0.417. The van der Waals surface area contributed by atoms with Crippen molar-refractivity contribution in [3.05, 3.63) is 17.7 Å². The Balaban J connectivity index is 1.89. The average Bonchev–Trinajstić information content (AvgIpc) is 2.75. The summed E-state index contributed by atoms with van der Waals surface area (Å²) in [7, 11) is 1.37. The van der Waals surface area contributed by atoms with E-state index in [1.165, 1.54) is 7.11 Å². The second-order valence-corrected chi connectivity index (χ2v) is 4.07. The van der Waals surface area contributed by atoms with Gasteiger partial charge in [-0.15, -0.1) is 0 Å². The largest absolute Gasteiger partial charge is 0.480 e. The summed E-state index contributed by atoms with van der Waals surface area (Å²) >= 11 is 0. The minimum atomic E-state index is -0.326. The van der Waals surface area contributed by atoms with Crippen LogP contribution in [-0.2, 0) is 9.53 Å². The molecule has 1 aromatic carbocycles. The van der Waals surface area contributed by atoms with Crippen LogP contribution < -0.4 is 14.2 Å². The molecule has 2 aliphatic rings. The van der Waals surface area contributed by atoms with Crippen molar-refractivity contribution in [1.82, 2.24) is 0 Å². The molecule has 0 saturated carbocycles. The van der Waals surface area contributed by atoms with Crippen molar-refractivity contribution in [2.24, 2.45) is 5.92 Å². The van der Waals surface area contributed by atoms with Gasteiger partial charge in [-0.2, -0.15) is 0 Å². The Bertz CT molecular complexity index is 482. The van der Waals surface area contributed by atoms with E-state index in [0.717, 1.165) is 5.56 Å². The molecule has 0 amide bonds. The Morgan fingerprint density at radius 3 is 3.00 bits per heavy atom. The van der Waals surface area contributed by atoms with E-state index < -0.39 is 0 Å². The third kappa shape index (κ3) is 1.35. The Kier molecular flexibility index (Phi) is 2.14. The van der Waals surface area contributed by atoms with Crippen LogP contribution in [0.4, 0.5) is 0 Å². The molecule has 0 aromatic heterocycles. The Morgan fingerprint density at radius 2 is 2.24 bits per heavy atom. The van der Waals surface area contributed by atoms with Crippen LogP contribution in [0.5, 0.6) is 17.2 Å². The number of carbonyl (C=O) groups is 1. The monoisotopic (exact) mass is 236 g/mol. The van der Waals surface area contributed by atoms with Gasteiger partial charge in [0.05, 0.1) is 13.0 Å². The van der Waals surface area contributed by atoms with Gasteiger partial charge in [0, 0.05) is 5.56 Å². The number of rotatable bonds is 2. The highest BCUT2D eigenvalue weighted by molar-refractivity contribution is 5.74. The lowest BCUT2D eigenvalue weighted by molar-refractivity contribution is -0.149. The minimum Gasteiger partial charge on any atom is -0.480 e. The van der Waals surface area contributed by atoms with Crippen LogP contribution in [0.25, 0.3) is 0 Å². The van der Waals surface area contributed by atoms with Crippen LogP contribution in [0.1, 0.15) is 18.6 Å². The second-order valence-electron chi connectivity index (χ2n) is 4.07. The van der Waals surface area contributed by atoms with Crippen molar-refractivity contribution >= 4 is 5.97 Å². The van der Waals surface area contributed by atoms with Crippen molar-refractivity contribution in [1.29, 1.82) is 0 Å². The molecule has 0 bridgehead atoms. The van der Waals surface area contributed by atoms with Gasteiger partial charge in [-0.05, 0) is 19.1 Å². The minimum absolute atomic E-state index is 0.215. The number of fused-ring (bicyclic) bond motifs is 3. The molecule has 2 unspecified atom stereocenters. The maximum absolute atomic E-state index is 11.4. The van der Waals surface area contributed by atoms with E-state index in [-0.39, 0.29) is 24.8 Å². The third-order valence-electron chi connectivity index (χ3n) is 3.10. The zero-order valence-electron chi connectivity index (χ0n) is 9.56. The molecule has 1 aromatic rings. The molecule has 0 N–H and O–H groups in total. The maximum atomic E-state index is 11.4. The molecule has 0 aliphatic carbocycles. The quantitative estimate of drug-likeness (QED) is 0.731. The fourth-order valence-electron chi connectivity index (χ4n) is 2.12. The van der Waals surface area contributed by atoms with Gasteiger partial charge in [-0.3, -0.25) is 4.79 Å². The lowest BCUT2D eigenvalue weighted by atomic mass is 9.91. The first-order chi connectivity index (χ1) is 8.22. The Morgan fingerprint density at radius 1 is 1.41 bits per heavy atom. The summed E-state index contributed by atoms with van der Waals surface area (Å²) in [5.41, 5.74) is 0.965. The van der Waals surface area contributed by atoms with E-state index in [9.17, 15) is 4.79 Å². The van der Waals surface area contributed by atoms with Gasteiger partial charge in [0.2, 0.25) is 12.5 Å². The van der Waals surface area contributed by atoms with Crippen molar-refractivity contribution in [3.8, 4) is 17.2 Å². The van der Waals surface area contributed by atoms with Gasteiger partial charge >= 0.3 is 5.97 Å². The lowest BCUT2D eigenvalue weighted by Crippen LogP contribution is -2.31. The summed E-state index contributed by atoms with van der Waals surface area (Å²) in [6.45, 7) is 2.00. The first-order valence-electron chi connectivity index (χ1n) is 5.39. The van der Waals surface area contributed by atoms with Crippen LogP contribution in [0.2, 0.25) is 0 Å². The molecular formula is C12H12O5. The highest BCUT2D eigenvalue weighted by atomic mass is 16.7. The summed E-state index contributed by atoms with van der Waals surface area (Å²) in [4.78, 5) is 11.4. The summed E-state index contributed by atoms with van der Waals surface area (Å²) in [5, 5.41) is 0. The van der Waals surface area contributed by atoms with Crippen LogP contribution in [-0.4, -0.2) is 19.9 Å². The number of esters is 1. The van der Waals surface area contributed by atoms with E-state index in [0.29, 0.717) is 17.2 Å². The Hall–Kier alpha value is -1.91. The summed E-state index contributed by atoms with van der Waals surface area (Å²) < 4.78 is 20.9. The van der Waals surface area contributed by atoms with Crippen LogP contribution in [0.3, 0.4) is 0 Å². The summed E-state index contributed by atoms with van der Waals surface area (Å²) in [6, 6.07) is 3.73. The van der Waals surface area contributed by atoms with Crippen molar-refractivity contribution in [3.63, 3.8) is 0 Å². The third-order valence-corrected chi connectivity index (χ3v) is 3.10. The molecule has 0 radical (unpaired) electrons. The van der Waals surface area contributed by atoms with E-state index in [4.69, 9.17) is 18.9 Å². The smallest absolute Gasteiger partial charge is 0.312 e. The SMILES string of the molecule is COC(=O)C(C)C1Oc2c1ccc1c2OCO1. The van der Waals surface area contributed by atoms with E-state index >= 15 is 0 Å². The maximum Gasteiger partial charge on any atom is 0.312 e. The standard InChI is InChI=1S/C12H12O5/c1-6(12(13)14-2)9-7-3-4-8-11(10(7)17-9)16-5-15-8/h3-4,6,9H,5H2,1-2H3. The lowest BCUT2D eigenvalue weighted by Gasteiger charge is -2.34. The molecule has 2 heterocycles. The predicted octanol–water partition coefficient (Wildman–Crippen LogP) is 1.66. The van der Waals surface area contributed by atoms with Gasteiger partial charge in [0.1, 0.15) is 6.10 Å². The molecule has 3 rings (SSSR count). The van der Waals surface area contributed by atoms with Crippen LogP contribution in [0.15, 0.2) is 12.1 Å². The van der Waals surface area contributed by atoms with E-state index in [2.05, 4.69) is 0 Å². The molecule has 2 atom stereocenters. The van der Waals surface area contributed by atoms with Gasteiger partial charge in [-0.1, -0.05) is 0 Å². The highest BCUT2D eigenvalue weighted by Gasteiger charge is 2.41. The van der Waals surface area contributed by atoms with E-state index in [1.807, 2.05) is 12.1 Å². The number of carbonyl (C=O) groups excluding carboxylic acids is 1. The van der Waals surface area contributed by atoms with Gasteiger partial charge in [0.25, 0.3) is 0 Å². The van der Waals surface area contributed by atoms with Crippen molar-refractivity contribution in [2.75, 3.05) is 13.9 Å².